The number of aldehydes is 1. The van der Waals surface area contributed by atoms with E-state index in [0.717, 1.165) is 36.4 Å². The van der Waals surface area contributed by atoms with Gasteiger partial charge in [0.05, 0.1) is 0 Å². The fraction of sp³-hybridized carbons (Fsp3) is 0.900. The van der Waals surface area contributed by atoms with Crippen LogP contribution in [0.25, 0.3) is 0 Å². The average molecular weight is 152 g/mol. The fourth-order valence-corrected chi connectivity index (χ4v) is 3.22. The third-order valence-corrected chi connectivity index (χ3v) is 3.91. The Morgan fingerprint density at radius 2 is 2.09 bits per heavy atom. The smallest absolute Gasteiger partial charge is 0.120 e. The van der Waals surface area contributed by atoms with Gasteiger partial charge in [-0.05, 0) is 42.9 Å². The van der Waals surface area contributed by atoms with Crippen LogP contribution in [0.3, 0.4) is 0 Å². The van der Waals surface area contributed by atoms with Crippen molar-refractivity contribution in [2.24, 2.45) is 23.7 Å². The molecule has 4 atom stereocenters. The lowest BCUT2D eigenvalue weighted by atomic mass is 9.79. The number of fused-ring (bicyclic) bond motifs is 2. The Morgan fingerprint density at radius 1 is 1.36 bits per heavy atom. The van der Waals surface area contributed by atoms with Crippen LogP contribution in [0.4, 0.5) is 0 Å². The number of hydrogen-bond donors (Lipinski definition) is 0. The minimum absolute atomic E-state index is 0.742. The normalized spacial score (nSPS) is 48.1. The molecule has 0 saturated heterocycles. The van der Waals surface area contributed by atoms with Gasteiger partial charge in [0.1, 0.15) is 6.29 Å². The van der Waals surface area contributed by atoms with Crippen LogP contribution in [0.15, 0.2) is 0 Å². The van der Waals surface area contributed by atoms with Crippen LogP contribution in [0, 0.1) is 23.7 Å². The molecule has 0 aromatic heterocycles. The van der Waals surface area contributed by atoms with Gasteiger partial charge in [-0.25, -0.2) is 0 Å². The number of carbonyl (C=O) groups is 1. The van der Waals surface area contributed by atoms with Gasteiger partial charge in [-0.3, -0.25) is 0 Å². The summed E-state index contributed by atoms with van der Waals surface area (Å²) in [6.07, 6.45) is 6.18. The summed E-state index contributed by atoms with van der Waals surface area (Å²) in [5.74, 6) is 3.44. The molecule has 2 rings (SSSR count). The quantitative estimate of drug-likeness (QED) is 0.555. The van der Waals surface area contributed by atoms with Crippen LogP contribution in [0.2, 0.25) is 0 Å². The zero-order chi connectivity index (χ0) is 7.84. The monoisotopic (exact) mass is 152 g/mol. The van der Waals surface area contributed by atoms with E-state index < -0.39 is 0 Å². The lowest BCUT2D eigenvalue weighted by Crippen LogP contribution is -2.19. The highest BCUT2D eigenvalue weighted by Gasteiger charge is 2.44. The second-order valence-electron chi connectivity index (χ2n) is 4.26. The summed E-state index contributed by atoms with van der Waals surface area (Å²) in [4.78, 5) is 10.4. The maximum Gasteiger partial charge on any atom is 0.120 e. The highest BCUT2D eigenvalue weighted by atomic mass is 16.1. The Kier molecular flexibility index (Phi) is 1.74. The molecule has 0 aliphatic heterocycles. The third kappa shape index (κ3) is 1.02. The van der Waals surface area contributed by atoms with Gasteiger partial charge in [0.25, 0.3) is 0 Å². The average Bonchev–Trinajstić information content (AvgIpc) is 2.54. The van der Waals surface area contributed by atoms with Crippen molar-refractivity contribution in [3.05, 3.63) is 0 Å². The summed E-state index contributed by atoms with van der Waals surface area (Å²) < 4.78 is 0. The summed E-state index contributed by atoms with van der Waals surface area (Å²) in [7, 11) is 0. The maximum atomic E-state index is 10.4. The van der Waals surface area contributed by atoms with Gasteiger partial charge in [0.15, 0.2) is 0 Å². The highest BCUT2D eigenvalue weighted by Crippen LogP contribution is 2.52. The standard InChI is InChI=1S/C10H16O/c1-7-8-2-3-9(6-8)10(7)4-5-11/h5,7-10H,2-4,6H2,1H3/t7-,8?,9?,10-/m1/s1. The second-order valence-corrected chi connectivity index (χ2v) is 4.26. The van der Waals surface area contributed by atoms with E-state index >= 15 is 0 Å². The van der Waals surface area contributed by atoms with Crippen molar-refractivity contribution in [1.82, 2.24) is 0 Å². The van der Waals surface area contributed by atoms with Gasteiger partial charge in [0.2, 0.25) is 0 Å². The maximum absolute atomic E-state index is 10.4. The first-order chi connectivity index (χ1) is 5.33. The van der Waals surface area contributed by atoms with E-state index in [1.54, 1.807) is 0 Å². The highest BCUT2D eigenvalue weighted by molar-refractivity contribution is 5.50. The van der Waals surface area contributed by atoms with E-state index in [0.29, 0.717) is 0 Å². The van der Waals surface area contributed by atoms with E-state index in [1.165, 1.54) is 19.3 Å². The zero-order valence-corrected chi connectivity index (χ0v) is 7.12. The molecule has 1 heteroatoms. The van der Waals surface area contributed by atoms with Crippen LogP contribution in [0.1, 0.15) is 32.6 Å². The predicted octanol–water partition coefficient (Wildman–Crippen LogP) is 2.26. The van der Waals surface area contributed by atoms with Crippen LogP contribution in [0.5, 0.6) is 0 Å². The Balaban J connectivity index is 2.05. The molecular formula is C10H16O. The predicted molar refractivity (Wildman–Crippen MR) is 44.2 cm³/mol. The number of rotatable bonds is 2. The molecular weight excluding hydrogens is 136 g/mol. The zero-order valence-electron chi connectivity index (χ0n) is 7.12. The van der Waals surface area contributed by atoms with Gasteiger partial charge in [-0.15, -0.1) is 0 Å². The topological polar surface area (TPSA) is 17.1 Å². The Hall–Kier alpha value is -0.330. The first-order valence-electron chi connectivity index (χ1n) is 4.76. The molecule has 0 amide bonds. The van der Waals surface area contributed by atoms with Crippen LogP contribution >= 0.6 is 0 Å². The molecule has 0 N–H and O–H groups in total. The van der Waals surface area contributed by atoms with Crippen molar-refractivity contribution in [3.63, 3.8) is 0 Å². The molecule has 0 spiro atoms. The van der Waals surface area contributed by atoms with Crippen molar-refractivity contribution in [2.75, 3.05) is 0 Å². The van der Waals surface area contributed by atoms with Crippen molar-refractivity contribution < 1.29 is 4.79 Å². The largest absolute Gasteiger partial charge is 0.303 e. The summed E-state index contributed by atoms with van der Waals surface area (Å²) in [5, 5.41) is 0. The molecule has 0 aromatic carbocycles. The summed E-state index contributed by atoms with van der Waals surface area (Å²) in [6.45, 7) is 2.33. The summed E-state index contributed by atoms with van der Waals surface area (Å²) in [5.41, 5.74) is 0. The van der Waals surface area contributed by atoms with E-state index in [2.05, 4.69) is 6.92 Å². The molecule has 2 unspecified atom stereocenters. The number of hydrogen-bond acceptors (Lipinski definition) is 1. The minimum Gasteiger partial charge on any atom is -0.303 e. The first-order valence-corrected chi connectivity index (χ1v) is 4.76. The van der Waals surface area contributed by atoms with Crippen molar-refractivity contribution >= 4 is 6.29 Å². The van der Waals surface area contributed by atoms with Gasteiger partial charge in [-0.1, -0.05) is 6.92 Å². The first kappa shape index (κ1) is 7.33. The fourth-order valence-electron chi connectivity index (χ4n) is 3.22. The molecule has 0 radical (unpaired) electrons. The third-order valence-electron chi connectivity index (χ3n) is 3.91. The Labute approximate surface area is 68.2 Å². The molecule has 0 heterocycles. The molecule has 0 aromatic rings. The van der Waals surface area contributed by atoms with E-state index in [9.17, 15) is 4.79 Å². The molecule has 2 saturated carbocycles. The minimum atomic E-state index is 0.742. The van der Waals surface area contributed by atoms with Crippen molar-refractivity contribution in [1.29, 1.82) is 0 Å². The molecule has 1 nitrogen and oxygen atoms in total. The second kappa shape index (κ2) is 2.62. The van der Waals surface area contributed by atoms with Gasteiger partial charge in [-0.2, -0.15) is 0 Å². The summed E-state index contributed by atoms with van der Waals surface area (Å²) >= 11 is 0. The van der Waals surface area contributed by atoms with Gasteiger partial charge < -0.3 is 4.79 Å². The summed E-state index contributed by atoms with van der Waals surface area (Å²) in [6, 6.07) is 0. The van der Waals surface area contributed by atoms with Crippen LogP contribution < -0.4 is 0 Å². The molecule has 2 aliphatic carbocycles. The van der Waals surface area contributed by atoms with Gasteiger partial charge in [0, 0.05) is 6.42 Å². The number of carbonyl (C=O) groups excluding carboxylic acids is 1. The Bertz CT molecular complexity index is 162. The molecule has 2 bridgehead atoms. The van der Waals surface area contributed by atoms with Crippen LogP contribution in [-0.4, -0.2) is 6.29 Å². The van der Waals surface area contributed by atoms with E-state index in [-0.39, 0.29) is 0 Å². The molecule has 11 heavy (non-hydrogen) atoms. The van der Waals surface area contributed by atoms with Gasteiger partial charge >= 0.3 is 0 Å². The molecule has 62 valence electrons. The van der Waals surface area contributed by atoms with Crippen LogP contribution in [-0.2, 0) is 4.79 Å². The van der Waals surface area contributed by atoms with E-state index in [1.807, 2.05) is 0 Å². The SMILES string of the molecule is C[C@@H]1C2CCC(C2)[C@@H]1CC=O. The van der Waals surface area contributed by atoms with E-state index in [4.69, 9.17) is 0 Å². The lowest BCUT2D eigenvalue weighted by Gasteiger charge is -2.26. The van der Waals surface area contributed by atoms with Crippen molar-refractivity contribution in [3.8, 4) is 0 Å². The molecule has 2 fully saturated rings. The Morgan fingerprint density at radius 3 is 2.64 bits per heavy atom. The van der Waals surface area contributed by atoms with Crippen molar-refractivity contribution in [2.45, 2.75) is 32.6 Å². The lowest BCUT2D eigenvalue weighted by molar-refractivity contribution is -0.109. The molecule has 2 aliphatic rings.